The second kappa shape index (κ2) is 3.39. The van der Waals surface area contributed by atoms with E-state index in [2.05, 4.69) is 13.2 Å². The minimum atomic E-state index is -0.715. The number of rotatable bonds is 4. The van der Waals surface area contributed by atoms with Crippen LogP contribution in [0.1, 0.15) is 6.42 Å². The third-order valence-corrected chi connectivity index (χ3v) is 2.03. The van der Waals surface area contributed by atoms with E-state index in [9.17, 15) is 4.79 Å². The second-order valence-electron chi connectivity index (χ2n) is 2.96. The molecule has 0 amide bonds. The summed E-state index contributed by atoms with van der Waals surface area (Å²) >= 11 is 0. The number of hydrogen-bond donors (Lipinski definition) is 1. The van der Waals surface area contributed by atoms with Crippen LogP contribution in [-0.2, 0) is 4.79 Å². The summed E-state index contributed by atoms with van der Waals surface area (Å²) in [5.74, 6) is -0.765. The molecule has 1 rings (SSSR count). The zero-order valence-corrected chi connectivity index (χ0v) is 6.86. The molecule has 0 aromatic carbocycles. The maximum Gasteiger partial charge on any atom is 0.307 e. The zero-order valence-electron chi connectivity index (χ0n) is 6.86. The molecule has 2 nitrogen and oxygen atoms in total. The van der Waals surface area contributed by atoms with E-state index in [1.54, 1.807) is 12.2 Å². The molecule has 1 saturated carbocycles. The first-order valence-corrected chi connectivity index (χ1v) is 3.87. The van der Waals surface area contributed by atoms with Crippen molar-refractivity contribution >= 4 is 5.97 Å². The molecule has 1 N–H and O–H groups in total. The molecule has 0 aliphatic heterocycles. The normalized spacial score (nSPS) is 27.0. The number of allylic oxidation sites excluding steroid dienone is 4. The van der Waals surface area contributed by atoms with Crippen molar-refractivity contribution in [2.45, 2.75) is 6.42 Å². The van der Waals surface area contributed by atoms with Crippen LogP contribution in [-0.4, -0.2) is 11.1 Å². The molecule has 1 aliphatic carbocycles. The fourth-order valence-corrected chi connectivity index (χ4v) is 1.19. The van der Waals surface area contributed by atoms with E-state index in [4.69, 9.17) is 5.11 Å². The van der Waals surface area contributed by atoms with Gasteiger partial charge in [0.2, 0.25) is 0 Å². The second-order valence-corrected chi connectivity index (χ2v) is 2.96. The highest BCUT2D eigenvalue weighted by Crippen LogP contribution is 2.43. The van der Waals surface area contributed by atoms with E-state index >= 15 is 0 Å². The van der Waals surface area contributed by atoms with Crippen molar-refractivity contribution in [3.8, 4) is 0 Å². The van der Waals surface area contributed by atoms with Gasteiger partial charge in [-0.25, -0.2) is 0 Å². The van der Waals surface area contributed by atoms with E-state index in [-0.39, 0.29) is 11.8 Å². The van der Waals surface area contributed by atoms with Crippen molar-refractivity contribution in [2.24, 2.45) is 11.8 Å². The monoisotopic (exact) mass is 164 g/mol. The first-order chi connectivity index (χ1) is 5.66. The molecule has 2 atom stereocenters. The van der Waals surface area contributed by atoms with E-state index in [0.717, 1.165) is 12.0 Å². The predicted molar refractivity (Wildman–Crippen MR) is 47.7 cm³/mol. The Hall–Kier alpha value is -1.31. The topological polar surface area (TPSA) is 37.3 Å². The summed E-state index contributed by atoms with van der Waals surface area (Å²) in [6.45, 7) is 7.31. The lowest BCUT2D eigenvalue weighted by molar-refractivity contribution is -0.138. The van der Waals surface area contributed by atoms with Crippen LogP contribution in [0.25, 0.3) is 0 Å². The molecular weight excluding hydrogens is 152 g/mol. The van der Waals surface area contributed by atoms with Crippen LogP contribution < -0.4 is 0 Å². The van der Waals surface area contributed by atoms with Gasteiger partial charge >= 0.3 is 5.97 Å². The highest BCUT2D eigenvalue weighted by Gasteiger charge is 2.43. The summed E-state index contributed by atoms with van der Waals surface area (Å²) in [6, 6.07) is 0. The van der Waals surface area contributed by atoms with Gasteiger partial charge in [-0.2, -0.15) is 0 Å². The SMILES string of the molecule is C=CC=CC(=C)[C@H]1C[C@@H]1C(=O)O. The van der Waals surface area contributed by atoms with Gasteiger partial charge in [0.25, 0.3) is 0 Å². The minimum Gasteiger partial charge on any atom is -0.481 e. The van der Waals surface area contributed by atoms with Gasteiger partial charge in [0.05, 0.1) is 5.92 Å². The fraction of sp³-hybridized carbons (Fsp3) is 0.300. The minimum absolute atomic E-state index is 0.152. The molecule has 1 fully saturated rings. The Bertz CT molecular complexity index is 251. The van der Waals surface area contributed by atoms with E-state index in [1.165, 1.54) is 0 Å². The Morgan fingerprint density at radius 2 is 2.17 bits per heavy atom. The molecule has 0 saturated heterocycles. The van der Waals surface area contributed by atoms with Crippen molar-refractivity contribution in [3.63, 3.8) is 0 Å². The standard InChI is InChI=1S/C10H12O2/c1-3-4-5-7(2)8-6-9(8)10(11)12/h3-5,8-9H,1-2,6H2,(H,11,12)/t8-,9+/m1/s1. The number of aliphatic carboxylic acids is 1. The zero-order chi connectivity index (χ0) is 9.14. The van der Waals surface area contributed by atoms with Crippen molar-refractivity contribution in [2.75, 3.05) is 0 Å². The van der Waals surface area contributed by atoms with Crippen LogP contribution in [0.4, 0.5) is 0 Å². The van der Waals surface area contributed by atoms with Crippen molar-refractivity contribution in [3.05, 3.63) is 37.0 Å². The molecule has 64 valence electrons. The molecule has 0 unspecified atom stereocenters. The average Bonchev–Trinajstić information content (AvgIpc) is 2.78. The molecule has 0 spiro atoms. The van der Waals surface area contributed by atoms with E-state index < -0.39 is 5.97 Å². The molecule has 0 bridgehead atoms. The smallest absolute Gasteiger partial charge is 0.307 e. The summed E-state index contributed by atoms with van der Waals surface area (Å²) in [5.41, 5.74) is 0.891. The Balaban J connectivity index is 2.43. The molecule has 1 aliphatic rings. The third kappa shape index (κ3) is 1.84. The van der Waals surface area contributed by atoms with Gasteiger partial charge in [0, 0.05) is 0 Å². The first-order valence-electron chi connectivity index (χ1n) is 3.87. The third-order valence-electron chi connectivity index (χ3n) is 2.03. The van der Waals surface area contributed by atoms with Crippen molar-refractivity contribution in [1.29, 1.82) is 0 Å². The first kappa shape index (κ1) is 8.78. The summed E-state index contributed by atoms with van der Waals surface area (Å²) in [7, 11) is 0. The van der Waals surface area contributed by atoms with Crippen LogP contribution in [0.15, 0.2) is 37.0 Å². The molecule has 0 heterocycles. The molecule has 0 aromatic rings. The van der Waals surface area contributed by atoms with Gasteiger partial charge in [-0.15, -0.1) is 0 Å². The summed E-state index contributed by atoms with van der Waals surface area (Å²) < 4.78 is 0. The van der Waals surface area contributed by atoms with E-state index in [0.29, 0.717) is 0 Å². The lowest BCUT2D eigenvalue weighted by Crippen LogP contribution is -1.99. The van der Waals surface area contributed by atoms with Crippen LogP contribution >= 0.6 is 0 Å². The predicted octanol–water partition coefficient (Wildman–Crippen LogP) is 2.01. The van der Waals surface area contributed by atoms with Gasteiger partial charge in [-0.05, 0) is 12.3 Å². The lowest BCUT2D eigenvalue weighted by Gasteiger charge is -1.93. The summed E-state index contributed by atoms with van der Waals surface area (Å²) in [6.07, 6.45) is 5.99. The van der Waals surface area contributed by atoms with E-state index in [1.807, 2.05) is 6.08 Å². The van der Waals surface area contributed by atoms with Gasteiger partial charge in [-0.1, -0.05) is 37.0 Å². The average molecular weight is 164 g/mol. The Morgan fingerprint density at radius 3 is 2.58 bits per heavy atom. The lowest BCUT2D eigenvalue weighted by atomic mass is 10.1. The largest absolute Gasteiger partial charge is 0.481 e. The highest BCUT2D eigenvalue weighted by atomic mass is 16.4. The Kier molecular flexibility index (Phi) is 2.48. The van der Waals surface area contributed by atoms with Crippen molar-refractivity contribution in [1.82, 2.24) is 0 Å². The highest BCUT2D eigenvalue weighted by molar-refractivity contribution is 5.74. The van der Waals surface area contributed by atoms with Gasteiger partial charge < -0.3 is 5.11 Å². The molecular formula is C10H12O2. The van der Waals surface area contributed by atoms with Crippen LogP contribution in [0.5, 0.6) is 0 Å². The number of carbonyl (C=O) groups is 1. The van der Waals surface area contributed by atoms with Crippen LogP contribution in [0, 0.1) is 11.8 Å². The number of carboxylic acid groups (broad SMARTS) is 1. The molecule has 2 heteroatoms. The van der Waals surface area contributed by atoms with Gasteiger partial charge in [-0.3, -0.25) is 4.79 Å². The van der Waals surface area contributed by atoms with Gasteiger partial charge in [0.15, 0.2) is 0 Å². The number of hydrogen-bond acceptors (Lipinski definition) is 1. The van der Waals surface area contributed by atoms with Gasteiger partial charge in [0.1, 0.15) is 0 Å². The van der Waals surface area contributed by atoms with Crippen molar-refractivity contribution < 1.29 is 9.90 Å². The van der Waals surface area contributed by atoms with Crippen LogP contribution in [0.2, 0.25) is 0 Å². The molecule has 0 aromatic heterocycles. The Morgan fingerprint density at radius 1 is 1.50 bits per heavy atom. The summed E-state index contributed by atoms with van der Waals surface area (Å²) in [5, 5.41) is 8.61. The maximum absolute atomic E-state index is 10.5. The molecule has 0 radical (unpaired) electrons. The summed E-state index contributed by atoms with van der Waals surface area (Å²) in [4.78, 5) is 10.5. The number of carboxylic acids is 1. The fourth-order valence-electron chi connectivity index (χ4n) is 1.19. The van der Waals surface area contributed by atoms with Crippen LogP contribution in [0.3, 0.4) is 0 Å². The molecule has 12 heavy (non-hydrogen) atoms. The Labute approximate surface area is 71.9 Å². The maximum atomic E-state index is 10.5. The quantitative estimate of drug-likeness (QED) is 0.645.